The van der Waals surface area contributed by atoms with Gasteiger partial charge in [0.05, 0.1) is 5.56 Å². The van der Waals surface area contributed by atoms with E-state index in [9.17, 15) is 4.79 Å². The fraction of sp³-hybridized carbons (Fsp3) is 0.688. The number of carbonyl (C=O) groups is 1. The lowest BCUT2D eigenvalue weighted by atomic mass is 9.79. The average Bonchev–Trinajstić information content (AvgIpc) is 2.70. The Morgan fingerprint density at radius 2 is 1.85 bits per heavy atom. The van der Waals surface area contributed by atoms with Gasteiger partial charge >= 0.3 is 0 Å². The first-order valence-corrected chi connectivity index (χ1v) is 7.59. The molecule has 1 aromatic heterocycles. The molecule has 1 saturated carbocycles. The molecule has 3 N–H and O–H groups in total. The summed E-state index contributed by atoms with van der Waals surface area (Å²) in [6.45, 7) is 7.13. The van der Waals surface area contributed by atoms with Gasteiger partial charge in [0.25, 0.3) is 5.91 Å². The van der Waals surface area contributed by atoms with E-state index in [0.29, 0.717) is 23.2 Å². The average molecular weight is 278 g/mol. The van der Waals surface area contributed by atoms with Gasteiger partial charge in [-0.15, -0.1) is 0 Å². The van der Waals surface area contributed by atoms with E-state index in [1.165, 1.54) is 25.7 Å². The quantitative estimate of drug-likeness (QED) is 0.889. The number of hydrogen-bond acceptors (Lipinski definition) is 3. The largest absolute Gasteiger partial charge is 0.466 e. The summed E-state index contributed by atoms with van der Waals surface area (Å²) in [5.74, 6) is 2.59. The van der Waals surface area contributed by atoms with Gasteiger partial charge in [-0.3, -0.25) is 4.79 Å². The van der Waals surface area contributed by atoms with Crippen molar-refractivity contribution in [3.05, 3.63) is 22.6 Å². The van der Waals surface area contributed by atoms with Crippen LogP contribution in [0.15, 0.2) is 4.42 Å². The molecule has 1 aliphatic rings. The molecular formula is C16H26N2O2. The van der Waals surface area contributed by atoms with E-state index < -0.39 is 0 Å². The Kier molecular flexibility index (Phi) is 4.86. The van der Waals surface area contributed by atoms with E-state index in [-0.39, 0.29) is 5.91 Å². The van der Waals surface area contributed by atoms with Gasteiger partial charge in [0, 0.05) is 12.1 Å². The third-order valence-corrected chi connectivity index (χ3v) is 4.68. The second kappa shape index (κ2) is 6.44. The number of carbonyl (C=O) groups excluding carboxylic acids is 1. The van der Waals surface area contributed by atoms with E-state index in [2.05, 4.69) is 5.32 Å². The van der Waals surface area contributed by atoms with Crippen molar-refractivity contribution in [1.82, 2.24) is 5.32 Å². The third-order valence-electron chi connectivity index (χ3n) is 4.68. The Morgan fingerprint density at radius 1 is 1.20 bits per heavy atom. The van der Waals surface area contributed by atoms with Crippen LogP contribution in [-0.4, -0.2) is 19.0 Å². The number of nitrogens with one attached hydrogen (secondary N) is 1. The van der Waals surface area contributed by atoms with Gasteiger partial charge < -0.3 is 15.5 Å². The third kappa shape index (κ3) is 3.06. The van der Waals surface area contributed by atoms with Gasteiger partial charge in [0.15, 0.2) is 0 Å². The van der Waals surface area contributed by atoms with Crippen molar-refractivity contribution in [3.8, 4) is 0 Å². The number of nitrogens with two attached hydrogens (primary N) is 1. The number of aryl methyl sites for hydroxylation is 2. The number of hydrogen-bond donors (Lipinski definition) is 2. The zero-order valence-corrected chi connectivity index (χ0v) is 12.8. The fourth-order valence-electron chi connectivity index (χ4n) is 3.30. The molecule has 2 atom stereocenters. The molecule has 1 fully saturated rings. The molecule has 2 rings (SSSR count). The van der Waals surface area contributed by atoms with Gasteiger partial charge in [0.1, 0.15) is 11.5 Å². The lowest BCUT2D eigenvalue weighted by Gasteiger charge is -2.30. The Bertz CT molecular complexity index is 479. The standard InChI is InChI=1S/C16H26N2O2/c1-10-11(2)20-12(3)15(10)16(19)18-9-14-7-5-4-6-13(14)8-17/h13-14H,4-9,17H2,1-3H3,(H,18,19). The van der Waals surface area contributed by atoms with E-state index in [0.717, 1.165) is 24.4 Å². The molecule has 0 saturated heterocycles. The SMILES string of the molecule is Cc1oc(C)c(C(=O)NCC2CCCCC2CN)c1C. The minimum atomic E-state index is -0.0156. The van der Waals surface area contributed by atoms with Gasteiger partial charge in [-0.25, -0.2) is 0 Å². The Hall–Kier alpha value is -1.29. The molecule has 20 heavy (non-hydrogen) atoms. The van der Waals surface area contributed by atoms with Crippen molar-refractivity contribution in [2.45, 2.75) is 46.5 Å². The topological polar surface area (TPSA) is 68.3 Å². The molecule has 0 radical (unpaired) electrons. The van der Waals surface area contributed by atoms with Crippen LogP contribution < -0.4 is 11.1 Å². The minimum Gasteiger partial charge on any atom is -0.466 e. The summed E-state index contributed by atoms with van der Waals surface area (Å²) in [5.41, 5.74) is 7.48. The molecule has 1 amide bonds. The van der Waals surface area contributed by atoms with Crippen LogP contribution in [-0.2, 0) is 0 Å². The fourth-order valence-corrected chi connectivity index (χ4v) is 3.30. The summed E-state index contributed by atoms with van der Waals surface area (Å²) < 4.78 is 5.52. The maximum absolute atomic E-state index is 12.3. The van der Waals surface area contributed by atoms with Crippen LogP contribution in [0.2, 0.25) is 0 Å². The van der Waals surface area contributed by atoms with E-state index in [1.54, 1.807) is 0 Å². The predicted molar refractivity (Wildman–Crippen MR) is 79.8 cm³/mol. The minimum absolute atomic E-state index is 0.0156. The van der Waals surface area contributed by atoms with E-state index in [4.69, 9.17) is 10.2 Å². The van der Waals surface area contributed by atoms with Crippen LogP contribution in [0, 0.1) is 32.6 Å². The van der Waals surface area contributed by atoms with Crippen molar-refractivity contribution in [1.29, 1.82) is 0 Å². The molecule has 0 spiro atoms. The first-order valence-electron chi connectivity index (χ1n) is 7.59. The monoisotopic (exact) mass is 278 g/mol. The van der Waals surface area contributed by atoms with Crippen molar-refractivity contribution in [3.63, 3.8) is 0 Å². The van der Waals surface area contributed by atoms with E-state index >= 15 is 0 Å². The van der Waals surface area contributed by atoms with Crippen LogP contribution in [0.25, 0.3) is 0 Å². The predicted octanol–water partition coefficient (Wildman–Crippen LogP) is 2.70. The summed E-state index contributed by atoms with van der Waals surface area (Å²) in [6.07, 6.45) is 4.88. The first kappa shape index (κ1) is 15.1. The van der Waals surface area contributed by atoms with Gasteiger partial charge in [-0.05, 0) is 52.0 Å². The second-order valence-corrected chi connectivity index (χ2v) is 5.96. The molecule has 1 aromatic rings. The zero-order valence-electron chi connectivity index (χ0n) is 12.8. The molecule has 4 nitrogen and oxygen atoms in total. The molecule has 4 heteroatoms. The van der Waals surface area contributed by atoms with Gasteiger partial charge in [-0.1, -0.05) is 12.8 Å². The first-order chi connectivity index (χ1) is 9.54. The molecule has 112 valence electrons. The zero-order chi connectivity index (χ0) is 14.7. The van der Waals surface area contributed by atoms with Crippen molar-refractivity contribution in [2.75, 3.05) is 13.1 Å². The Labute approximate surface area is 121 Å². The van der Waals surface area contributed by atoms with Crippen LogP contribution >= 0.6 is 0 Å². The molecule has 0 bridgehead atoms. The number of rotatable bonds is 4. The summed E-state index contributed by atoms with van der Waals surface area (Å²) in [4.78, 5) is 12.3. The van der Waals surface area contributed by atoms with Gasteiger partial charge in [0.2, 0.25) is 0 Å². The highest BCUT2D eigenvalue weighted by Gasteiger charge is 2.25. The lowest BCUT2D eigenvalue weighted by Crippen LogP contribution is -2.37. The molecule has 2 unspecified atom stereocenters. The van der Waals surface area contributed by atoms with Gasteiger partial charge in [-0.2, -0.15) is 0 Å². The molecule has 1 heterocycles. The normalized spacial score (nSPS) is 22.8. The maximum atomic E-state index is 12.3. The number of furan rings is 1. The van der Waals surface area contributed by atoms with Crippen LogP contribution in [0.4, 0.5) is 0 Å². The highest BCUT2D eigenvalue weighted by atomic mass is 16.3. The summed E-state index contributed by atoms with van der Waals surface area (Å²) in [6, 6.07) is 0. The Morgan fingerprint density at radius 3 is 2.40 bits per heavy atom. The number of amides is 1. The molecule has 0 aliphatic heterocycles. The van der Waals surface area contributed by atoms with E-state index in [1.807, 2.05) is 20.8 Å². The highest BCUT2D eigenvalue weighted by Crippen LogP contribution is 2.29. The summed E-state index contributed by atoms with van der Waals surface area (Å²) >= 11 is 0. The van der Waals surface area contributed by atoms with Crippen LogP contribution in [0.1, 0.15) is 53.1 Å². The molecule has 0 aromatic carbocycles. The van der Waals surface area contributed by atoms with Crippen molar-refractivity contribution in [2.24, 2.45) is 17.6 Å². The van der Waals surface area contributed by atoms with Crippen LogP contribution in [0.5, 0.6) is 0 Å². The van der Waals surface area contributed by atoms with Crippen LogP contribution in [0.3, 0.4) is 0 Å². The molecule has 1 aliphatic carbocycles. The smallest absolute Gasteiger partial charge is 0.255 e. The van der Waals surface area contributed by atoms with Crippen molar-refractivity contribution < 1.29 is 9.21 Å². The Balaban J connectivity index is 1.98. The highest BCUT2D eigenvalue weighted by molar-refractivity contribution is 5.96. The van der Waals surface area contributed by atoms with Crippen molar-refractivity contribution >= 4 is 5.91 Å². The molecular weight excluding hydrogens is 252 g/mol. The summed E-state index contributed by atoms with van der Waals surface area (Å²) in [5, 5.41) is 3.07. The summed E-state index contributed by atoms with van der Waals surface area (Å²) in [7, 11) is 0. The maximum Gasteiger partial charge on any atom is 0.255 e. The lowest BCUT2D eigenvalue weighted by molar-refractivity contribution is 0.0933. The second-order valence-electron chi connectivity index (χ2n) is 5.96.